The predicted molar refractivity (Wildman–Crippen MR) is 93.3 cm³/mol. The molecule has 27 heavy (non-hydrogen) atoms. The summed E-state index contributed by atoms with van der Waals surface area (Å²) in [5, 5.41) is 2.61. The van der Waals surface area contributed by atoms with E-state index in [4.69, 9.17) is 9.47 Å². The summed E-state index contributed by atoms with van der Waals surface area (Å²) < 4.78 is 10.5. The van der Waals surface area contributed by atoms with Crippen LogP contribution in [0.1, 0.15) is 30.1 Å². The zero-order chi connectivity index (χ0) is 19.1. The first-order valence-electron chi connectivity index (χ1n) is 8.70. The summed E-state index contributed by atoms with van der Waals surface area (Å²) in [4.78, 5) is 50.3. The fourth-order valence-corrected chi connectivity index (χ4v) is 3.69. The average molecular weight is 370 g/mol. The number of imide groups is 1. The van der Waals surface area contributed by atoms with Crippen molar-refractivity contribution in [1.29, 1.82) is 0 Å². The lowest BCUT2D eigenvalue weighted by atomic mass is 9.85. The Balaban J connectivity index is 1.51. The Morgan fingerprint density at radius 3 is 2.26 bits per heavy atom. The van der Waals surface area contributed by atoms with Gasteiger partial charge >= 0.3 is 0 Å². The highest BCUT2D eigenvalue weighted by Crippen LogP contribution is 2.38. The van der Waals surface area contributed by atoms with E-state index in [9.17, 15) is 19.2 Å². The number of hydrogen-bond donors (Lipinski definition) is 1. The second-order valence-corrected chi connectivity index (χ2v) is 6.77. The van der Waals surface area contributed by atoms with E-state index < -0.39 is 5.91 Å². The lowest BCUT2D eigenvalue weighted by molar-refractivity contribution is -0.142. The summed E-state index contributed by atoms with van der Waals surface area (Å²) in [6.07, 6.45) is 4.82. The molecular formula is C19H18N2O6. The first-order chi connectivity index (χ1) is 13.0. The molecule has 0 aromatic heterocycles. The topological polar surface area (TPSA) is 102 Å². The maximum Gasteiger partial charge on any atom is 0.244 e. The molecule has 3 aliphatic rings. The molecule has 1 aromatic rings. The molecule has 2 heterocycles. The minimum absolute atomic E-state index is 0.0394. The second-order valence-electron chi connectivity index (χ2n) is 6.77. The van der Waals surface area contributed by atoms with Crippen LogP contribution >= 0.6 is 0 Å². The number of amides is 3. The number of likely N-dealkylation sites (tertiary alicyclic amines) is 1. The Kier molecular flexibility index (Phi) is 4.18. The molecule has 1 aliphatic carbocycles. The van der Waals surface area contributed by atoms with Crippen LogP contribution in [0.25, 0.3) is 0 Å². The number of benzene rings is 1. The number of anilines is 1. The molecule has 0 spiro atoms. The molecule has 4 rings (SSSR count). The van der Waals surface area contributed by atoms with Crippen molar-refractivity contribution < 1.29 is 28.7 Å². The van der Waals surface area contributed by atoms with E-state index >= 15 is 0 Å². The van der Waals surface area contributed by atoms with Crippen molar-refractivity contribution in [3.63, 3.8) is 0 Å². The van der Waals surface area contributed by atoms with Crippen LogP contribution in [0.15, 0.2) is 24.3 Å². The Morgan fingerprint density at radius 1 is 1.07 bits per heavy atom. The number of allylic oxidation sites excluding steroid dienone is 2. The van der Waals surface area contributed by atoms with Gasteiger partial charge in [-0.15, -0.1) is 0 Å². The monoisotopic (exact) mass is 370 g/mol. The highest BCUT2D eigenvalue weighted by atomic mass is 16.7. The maximum absolute atomic E-state index is 12.5. The van der Waals surface area contributed by atoms with Gasteiger partial charge in [0.2, 0.25) is 24.5 Å². The van der Waals surface area contributed by atoms with E-state index in [2.05, 4.69) is 5.32 Å². The average Bonchev–Trinajstić information content (AvgIpc) is 3.19. The van der Waals surface area contributed by atoms with Crippen LogP contribution in [0.4, 0.5) is 5.69 Å². The molecule has 140 valence electrons. The van der Waals surface area contributed by atoms with Crippen LogP contribution in [0.5, 0.6) is 11.5 Å². The number of fused-ring (bicyclic) bond motifs is 2. The van der Waals surface area contributed by atoms with Gasteiger partial charge in [-0.05, 0) is 25.8 Å². The van der Waals surface area contributed by atoms with E-state index in [-0.39, 0.29) is 54.0 Å². The Hall–Kier alpha value is -3.16. The summed E-state index contributed by atoms with van der Waals surface area (Å²) in [7, 11) is 0. The van der Waals surface area contributed by atoms with Gasteiger partial charge in [0.05, 0.1) is 17.5 Å². The summed E-state index contributed by atoms with van der Waals surface area (Å²) in [6, 6.07) is 3.01. The van der Waals surface area contributed by atoms with E-state index in [1.807, 2.05) is 12.2 Å². The van der Waals surface area contributed by atoms with Crippen LogP contribution in [0.2, 0.25) is 0 Å². The number of rotatable bonds is 4. The number of carbonyl (C=O) groups excluding carboxylic acids is 4. The molecule has 0 unspecified atom stereocenters. The van der Waals surface area contributed by atoms with Crippen molar-refractivity contribution in [3.05, 3.63) is 29.8 Å². The molecule has 8 nitrogen and oxygen atoms in total. The molecule has 0 radical (unpaired) electrons. The van der Waals surface area contributed by atoms with Gasteiger partial charge in [-0.2, -0.15) is 0 Å². The maximum atomic E-state index is 12.5. The van der Waals surface area contributed by atoms with Gasteiger partial charge in [0.15, 0.2) is 17.3 Å². The van der Waals surface area contributed by atoms with Crippen LogP contribution < -0.4 is 14.8 Å². The van der Waals surface area contributed by atoms with Gasteiger partial charge in [-0.25, -0.2) is 0 Å². The number of nitrogens with zero attached hydrogens (tertiary/aromatic N) is 1. The highest BCUT2D eigenvalue weighted by molar-refractivity contribution is 6.10. The molecule has 2 atom stereocenters. The normalized spacial score (nSPS) is 22.8. The zero-order valence-electron chi connectivity index (χ0n) is 14.7. The standard InChI is InChI=1S/C19H18N2O6/c1-10(22)13-6-15-16(27-9-26-15)7-14(13)20-17(23)8-21-18(24)11-4-2-3-5-12(11)19(21)25/h2-3,6-7,11-12H,4-5,8-9H2,1H3,(H,20,23)/t11-,12-/m1/s1. The number of carbonyl (C=O) groups is 4. The Morgan fingerprint density at radius 2 is 1.67 bits per heavy atom. The molecule has 8 heteroatoms. The molecule has 0 saturated carbocycles. The number of ketones is 1. The summed E-state index contributed by atoms with van der Waals surface area (Å²) in [5.41, 5.74) is 0.527. The van der Waals surface area contributed by atoms with E-state index in [1.165, 1.54) is 19.1 Å². The number of hydrogen-bond acceptors (Lipinski definition) is 6. The Labute approximate surface area is 155 Å². The van der Waals surface area contributed by atoms with Gasteiger partial charge in [0.1, 0.15) is 6.54 Å². The van der Waals surface area contributed by atoms with Gasteiger partial charge in [-0.3, -0.25) is 24.1 Å². The zero-order valence-corrected chi connectivity index (χ0v) is 14.7. The summed E-state index contributed by atoms with van der Waals surface area (Å²) in [6.45, 7) is 1.03. The van der Waals surface area contributed by atoms with Crippen molar-refractivity contribution in [3.8, 4) is 11.5 Å². The van der Waals surface area contributed by atoms with Crippen LogP contribution in [-0.2, 0) is 14.4 Å². The molecule has 1 saturated heterocycles. The minimum atomic E-state index is -0.551. The third-order valence-corrected chi connectivity index (χ3v) is 5.07. The number of Topliss-reactive ketones (excluding diaryl/α,β-unsaturated/α-hetero) is 1. The molecular weight excluding hydrogens is 352 g/mol. The van der Waals surface area contributed by atoms with Gasteiger partial charge in [0.25, 0.3) is 0 Å². The third kappa shape index (κ3) is 2.97. The lowest BCUT2D eigenvalue weighted by Gasteiger charge is -2.16. The van der Waals surface area contributed by atoms with Crippen LogP contribution in [-0.4, -0.2) is 41.7 Å². The first-order valence-corrected chi connectivity index (χ1v) is 8.70. The SMILES string of the molecule is CC(=O)c1cc2c(cc1NC(=O)CN1C(=O)[C@@H]3CC=CC[C@H]3C1=O)OCO2. The quantitative estimate of drug-likeness (QED) is 0.490. The third-order valence-electron chi connectivity index (χ3n) is 5.07. The van der Waals surface area contributed by atoms with E-state index in [1.54, 1.807) is 0 Å². The van der Waals surface area contributed by atoms with Gasteiger partial charge < -0.3 is 14.8 Å². The Bertz CT molecular complexity index is 864. The van der Waals surface area contributed by atoms with Crippen LogP contribution in [0.3, 0.4) is 0 Å². The number of ether oxygens (including phenoxy) is 2. The first kappa shape index (κ1) is 17.3. The van der Waals surface area contributed by atoms with Crippen molar-refractivity contribution in [1.82, 2.24) is 4.90 Å². The minimum Gasteiger partial charge on any atom is -0.454 e. The lowest BCUT2D eigenvalue weighted by Crippen LogP contribution is -2.38. The van der Waals surface area contributed by atoms with Crippen molar-refractivity contribution in [2.45, 2.75) is 19.8 Å². The fraction of sp³-hybridized carbons (Fsp3) is 0.368. The molecule has 1 fully saturated rings. The van der Waals surface area contributed by atoms with Crippen LogP contribution in [0, 0.1) is 11.8 Å². The van der Waals surface area contributed by atoms with Crippen molar-refractivity contribution >= 4 is 29.2 Å². The molecule has 1 aromatic carbocycles. The predicted octanol–water partition coefficient (Wildman–Crippen LogP) is 1.51. The second kappa shape index (κ2) is 6.53. The van der Waals surface area contributed by atoms with Gasteiger partial charge in [0, 0.05) is 11.6 Å². The summed E-state index contributed by atoms with van der Waals surface area (Å²) >= 11 is 0. The van der Waals surface area contributed by atoms with E-state index in [0.29, 0.717) is 24.3 Å². The van der Waals surface area contributed by atoms with Crippen molar-refractivity contribution in [2.75, 3.05) is 18.7 Å². The summed E-state index contributed by atoms with van der Waals surface area (Å²) in [5.74, 6) is -1.36. The highest BCUT2D eigenvalue weighted by Gasteiger charge is 2.47. The molecule has 0 bridgehead atoms. The van der Waals surface area contributed by atoms with E-state index in [0.717, 1.165) is 4.90 Å². The fourth-order valence-electron chi connectivity index (χ4n) is 3.69. The van der Waals surface area contributed by atoms with Gasteiger partial charge in [-0.1, -0.05) is 12.2 Å². The largest absolute Gasteiger partial charge is 0.454 e. The molecule has 2 aliphatic heterocycles. The van der Waals surface area contributed by atoms with Crippen molar-refractivity contribution in [2.24, 2.45) is 11.8 Å². The smallest absolute Gasteiger partial charge is 0.244 e. The molecule has 1 N–H and O–H groups in total. The molecule has 3 amide bonds. The number of nitrogens with one attached hydrogen (secondary N) is 1.